The first-order chi connectivity index (χ1) is 7.79. The molecule has 2 aliphatic rings. The standard InChI is InChI=1S/C14H25NO/c1-12(16)14(13-8-4-2-5-9-13)15-10-6-3-7-11-15/h13-14H,2-11H2,1H3. The van der Waals surface area contributed by atoms with E-state index in [1.54, 1.807) is 6.92 Å². The SMILES string of the molecule is CC(=O)C(C1CCCCC1)N1CCCCC1. The topological polar surface area (TPSA) is 20.3 Å². The molecule has 2 fully saturated rings. The summed E-state index contributed by atoms with van der Waals surface area (Å²) in [6.45, 7) is 4.11. The Balaban J connectivity index is 1.99. The predicted octanol–water partition coefficient (Wildman–Crippen LogP) is 3.01. The van der Waals surface area contributed by atoms with E-state index in [1.165, 1.54) is 51.4 Å². The van der Waals surface area contributed by atoms with Gasteiger partial charge in [-0.2, -0.15) is 0 Å². The average molecular weight is 223 g/mol. The third-order valence-corrected chi connectivity index (χ3v) is 4.30. The van der Waals surface area contributed by atoms with Crippen LogP contribution in [0.5, 0.6) is 0 Å². The molecule has 1 heterocycles. The number of nitrogens with zero attached hydrogens (tertiary/aromatic N) is 1. The van der Waals surface area contributed by atoms with E-state index in [2.05, 4.69) is 4.90 Å². The maximum absolute atomic E-state index is 11.9. The third-order valence-electron chi connectivity index (χ3n) is 4.30. The normalized spacial score (nSPS) is 26.6. The van der Waals surface area contributed by atoms with Gasteiger partial charge in [-0.05, 0) is 51.6 Å². The quantitative estimate of drug-likeness (QED) is 0.733. The van der Waals surface area contributed by atoms with Crippen molar-refractivity contribution in [1.29, 1.82) is 0 Å². The Morgan fingerprint density at radius 1 is 1.00 bits per heavy atom. The van der Waals surface area contributed by atoms with Crippen LogP contribution in [-0.4, -0.2) is 29.8 Å². The molecule has 1 aliphatic carbocycles. The van der Waals surface area contributed by atoms with E-state index < -0.39 is 0 Å². The highest BCUT2D eigenvalue weighted by atomic mass is 16.1. The van der Waals surface area contributed by atoms with Crippen molar-refractivity contribution in [2.24, 2.45) is 5.92 Å². The van der Waals surface area contributed by atoms with Gasteiger partial charge in [-0.15, -0.1) is 0 Å². The Labute approximate surface area is 99.4 Å². The second kappa shape index (κ2) is 5.81. The molecular weight excluding hydrogens is 198 g/mol. The van der Waals surface area contributed by atoms with Crippen LogP contribution < -0.4 is 0 Å². The lowest BCUT2D eigenvalue weighted by Gasteiger charge is -2.39. The first-order valence-corrected chi connectivity index (χ1v) is 7.03. The fourth-order valence-corrected chi connectivity index (χ4v) is 3.53. The summed E-state index contributed by atoms with van der Waals surface area (Å²) in [5.74, 6) is 1.07. The summed E-state index contributed by atoms with van der Waals surface area (Å²) in [6, 6.07) is 0.251. The Bertz CT molecular complexity index is 209. The van der Waals surface area contributed by atoms with E-state index in [1.807, 2.05) is 0 Å². The Morgan fingerprint density at radius 2 is 1.56 bits per heavy atom. The number of ketones is 1. The molecule has 1 saturated carbocycles. The van der Waals surface area contributed by atoms with Crippen molar-refractivity contribution >= 4 is 5.78 Å². The van der Waals surface area contributed by atoms with Gasteiger partial charge in [0, 0.05) is 0 Å². The third kappa shape index (κ3) is 2.85. The van der Waals surface area contributed by atoms with Gasteiger partial charge in [-0.3, -0.25) is 9.69 Å². The first-order valence-electron chi connectivity index (χ1n) is 7.03. The smallest absolute Gasteiger partial charge is 0.147 e. The van der Waals surface area contributed by atoms with E-state index in [0.29, 0.717) is 11.7 Å². The van der Waals surface area contributed by atoms with Crippen LogP contribution in [0, 0.1) is 5.92 Å². The second-order valence-corrected chi connectivity index (χ2v) is 5.55. The van der Waals surface area contributed by atoms with Crippen molar-refractivity contribution in [3.8, 4) is 0 Å². The van der Waals surface area contributed by atoms with Gasteiger partial charge in [-0.1, -0.05) is 25.7 Å². The monoisotopic (exact) mass is 223 g/mol. The molecule has 2 rings (SSSR count). The molecular formula is C14H25NO. The van der Waals surface area contributed by atoms with E-state index in [9.17, 15) is 4.79 Å². The van der Waals surface area contributed by atoms with Crippen LogP contribution in [0.3, 0.4) is 0 Å². The van der Waals surface area contributed by atoms with Crippen molar-refractivity contribution in [2.45, 2.75) is 64.3 Å². The highest BCUT2D eigenvalue weighted by molar-refractivity contribution is 5.81. The van der Waals surface area contributed by atoms with Crippen LogP contribution in [0.15, 0.2) is 0 Å². The van der Waals surface area contributed by atoms with Gasteiger partial charge in [-0.25, -0.2) is 0 Å². The fourth-order valence-electron chi connectivity index (χ4n) is 3.53. The highest BCUT2D eigenvalue weighted by Crippen LogP contribution is 2.30. The molecule has 0 aromatic rings. The molecule has 1 atom stereocenters. The van der Waals surface area contributed by atoms with E-state index in [0.717, 1.165) is 13.1 Å². The van der Waals surface area contributed by atoms with Gasteiger partial charge < -0.3 is 0 Å². The molecule has 1 aliphatic heterocycles. The Kier molecular flexibility index (Phi) is 4.39. The van der Waals surface area contributed by atoms with E-state index in [-0.39, 0.29) is 6.04 Å². The number of likely N-dealkylation sites (tertiary alicyclic amines) is 1. The summed E-state index contributed by atoms with van der Waals surface area (Å²) in [7, 11) is 0. The summed E-state index contributed by atoms with van der Waals surface area (Å²) < 4.78 is 0. The lowest BCUT2D eigenvalue weighted by molar-refractivity contribution is -0.125. The molecule has 0 N–H and O–H groups in total. The van der Waals surface area contributed by atoms with Crippen molar-refractivity contribution in [2.75, 3.05) is 13.1 Å². The molecule has 0 bridgehead atoms. The summed E-state index contributed by atoms with van der Waals surface area (Å²) in [4.78, 5) is 14.4. The number of carbonyl (C=O) groups is 1. The highest BCUT2D eigenvalue weighted by Gasteiger charge is 2.32. The molecule has 2 nitrogen and oxygen atoms in total. The number of piperidine rings is 1. The summed E-state index contributed by atoms with van der Waals surface area (Å²) >= 11 is 0. The number of hydrogen-bond donors (Lipinski definition) is 0. The number of rotatable bonds is 3. The number of Topliss-reactive ketones (excluding diaryl/α,β-unsaturated/α-hetero) is 1. The minimum absolute atomic E-state index is 0.251. The van der Waals surface area contributed by atoms with Gasteiger partial charge in [0.2, 0.25) is 0 Å². The number of carbonyl (C=O) groups excluding carboxylic acids is 1. The molecule has 0 spiro atoms. The van der Waals surface area contributed by atoms with Gasteiger partial charge in [0.05, 0.1) is 6.04 Å². The molecule has 0 aromatic carbocycles. The first kappa shape index (κ1) is 12.1. The molecule has 0 aromatic heterocycles. The van der Waals surface area contributed by atoms with Gasteiger partial charge in [0.15, 0.2) is 0 Å². The zero-order valence-electron chi connectivity index (χ0n) is 10.6. The minimum Gasteiger partial charge on any atom is -0.298 e. The zero-order chi connectivity index (χ0) is 11.4. The van der Waals surface area contributed by atoms with E-state index >= 15 is 0 Å². The zero-order valence-corrected chi connectivity index (χ0v) is 10.6. The van der Waals surface area contributed by atoms with Crippen LogP contribution in [0.1, 0.15) is 58.3 Å². The summed E-state index contributed by atoms with van der Waals surface area (Å²) in [6.07, 6.45) is 10.5. The van der Waals surface area contributed by atoms with Crippen LogP contribution in [0.25, 0.3) is 0 Å². The van der Waals surface area contributed by atoms with Gasteiger partial charge >= 0.3 is 0 Å². The molecule has 16 heavy (non-hydrogen) atoms. The number of hydrogen-bond acceptors (Lipinski definition) is 2. The van der Waals surface area contributed by atoms with Crippen LogP contribution >= 0.6 is 0 Å². The Morgan fingerprint density at radius 3 is 2.12 bits per heavy atom. The van der Waals surface area contributed by atoms with Gasteiger partial charge in [0.1, 0.15) is 5.78 Å². The Hall–Kier alpha value is -0.370. The van der Waals surface area contributed by atoms with Crippen molar-refractivity contribution in [1.82, 2.24) is 4.90 Å². The van der Waals surface area contributed by atoms with Crippen LogP contribution in [0.4, 0.5) is 0 Å². The molecule has 0 amide bonds. The largest absolute Gasteiger partial charge is 0.298 e. The maximum atomic E-state index is 11.9. The van der Waals surface area contributed by atoms with Crippen molar-refractivity contribution < 1.29 is 4.79 Å². The van der Waals surface area contributed by atoms with Crippen LogP contribution in [-0.2, 0) is 4.79 Å². The molecule has 0 radical (unpaired) electrons. The van der Waals surface area contributed by atoms with Crippen molar-refractivity contribution in [3.63, 3.8) is 0 Å². The predicted molar refractivity (Wildman–Crippen MR) is 66.5 cm³/mol. The second-order valence-electron chi connectivity index (χ2n) is 5.55. The van der Waals surface area contributed by atoms with Crippen LogP contribution in [0.2, 0.25) is 0 Å². The molecule has 2 heteroatoms. The lowest BCUT2D eigenvalue weighted by Crippen LogP contribution is -2.48. The fraction of sp³-hybridized carbons (Fsp3) is 0.929. The maximum Gasteiger partial charge on any atom is 0.147 e. The van der Waals surface area contributed by atoms with E-state index in [4.69, 9.17) is 0 Å². The molecule has 1 unspecified atom stereocenters. The van der Waals surface area contributed by atoms with Gasteiger partial charge in [0.25, 0.3) is 0 Å². The molecule has 1 saturated heterocycles. The van der Waals surface area contributed by atoms with Crippen molar-refractivity contribution in [3.05, 3.63) is 0 Å². The minimum atomic E-state index is 0.251. The molecule has 92 valence electrons. The summed E-state index contributed by atoms with van der Waals surface area (Å²) in [5.41, 5.74) is 0. The lowest BCUT2D eigenvalue weighted by atomic mass is 9.81. The summed E-state index contributed by atoms with van der Waals surface area (Å²) in [5, 5.41) is 0. The average Bonchev–Trinajstić information content (AvgIpc) is 2.31.